The molecule has 1 atom stereocenters. The lowest BCUT2D eigenvalue weighted by molar-refractivity contribution is 0.474. The second kappa shape index (κ2) is 5.27. The molecule has 1 aromatic heterocycles. The van der Waals surface area contributed by atoms with Gasteiger partial charge in [-0.2, -0.15) is 0 Å². The first-order chi connectivity index (χ1) is 9.72. The van der Waals surface area contributed by atoms with Crippen molar-refractivity contribution >= 4 is 11.0 Å². The fourth-order valence-electron chi connectivity index (χ4n) is 2.27. The molecule has 100 valence electrons. The lowest BCUT2D eigenvalue weighted by Crippen LogP contribution is -2.13. The van der Waals surface area contributed by atoms with Crippen LogP contribution in [0.4, 0.5) is 0 Å². The summed E-state index contributed by atoms with van der Waals surface area (Å²) in [6.45, 7) is 0. The van der Waals surface area contributed by atoms with Gasteiger partial charge in [-0.15, -0.1) is 0 Å². The van der Waals surface area contributed by atoms with Crippen LogP contribution < -0.4 is 5.73 Å². The Bertz CT molecular complexity index is 742. The Kier molecular flexibility index (Phi) is 3.31. The van der Waals surface area contributed by atoms with E-state index in [1.807, 2.05) is 30.3 Å². The van der Waals surface area contributed by atoms with Crippen molar-refractivity contribution in [2.75, 3.05) is 0 Å². The molecule has 0 aliphatic carbocycles. The number of nitrogens with zero attached hydrogens (tertiary/aromatic N) is 2. The minimum atomic E-state index is -0.136. The molecule has 0 bridgehead atoms. The number of nitrogens with two attached hydrogens (primary N) is 1. The molecule has 0 spiro atoms. The lowest BCUT2D eigenvalue weighted by atomic mass is 9.99. The highest BCUT2D eigenvalue weighted by molar-refractivity contribution is 5.74. The molecule has 2 aromatic carbocycles. The summed E-state index contributed by atoms with van der Waals surface area (Å²) in [5, 5.41) is 9.48. The summed E-state index contributed by atoms with van der Waals surface area (Å²) >= 11 is 0. The quantitative estimate of drug-likeness (QED) is 0.763. The Morgan fingerprint density at radius 3 is 2.60 bits per heavy atom. The van der Waals surface area contributed by atoms with Crippen LogP contribution in [0.3, 0.4) is 0 Å². The SMILES string of the molecule is NC(Cc1cccc(O)c1)c1ccc2nccnc2c1. The van der Waals surface area contributed by atoms with Gasteiger partial charge in [0.1, 0.15) is 5.75 Å². The molecule has 1 heterocycles. The molecule has 3 aromatic rings. The van der Waals surface area contributed by atoms with E-state index in [9.17, 15) is 5.11 Å². The van der Waals surface area contributed by atoms with Gasteiger partial charge in [0.2, 0.25) is 0 Å². The summed E-state index contributed by atoms with van der Waals surface area (Å²) in [6.07, 6.45) is 4.02. The number of phenolic OH excluding ortho intramolecular Hbond substituents is 1. The van der Waals surface area contributed by atoms with Crippen LogP contribution in [0.25, 0.3) is 11.0 Å². The van der Waals surface area contributed by atoms with Gasteiger partial charge in [-0.05, 0) is 41.8 Å². The average molecular weight is 265 g/mol. The smallest absolute Gasteiger partial charge is 0.115 e. The van der Waals surface area contributed by atoms with Gasteiger partial charge in [0.25, 0.3) is 0 Å². The molecule has 3 N–H and O–H groups in total. The maximum Gasteiger partial charge on any atom is 0.115 e. The number of rotatable bonds is 3. The van der Waals surface area contributed by atoms with Crippen molar-refractivity contribution in [2.24, 2.45) is 5.73 Å². The lowest BCUT2D eigenvalue weighted by Gasteiger charge is -2.12. The predicted octanol–water partition coefficient (Wildman–Crippen LogP) is 2.58. The van der Waals surface area contributed by atoms with E-state index in [0.29, 0.717) is 6.42 Å². The highest BCUT2D eigenvalue weighted by atomic mass is 16.3. The van der Waals surface area contributed by atoms with Crippen LogP contribution in [-0.2, 0) is 6.42 Å². The maximum atomic E-state index is 9.48. The standard InChI is InChI=1S/C16H15N3O/c17-14(9-11-2-1-3-13(20)8-11)12-4-5-15-16(10-12)19-7-6-18-15/h1-8,10,14,20H,9,17H2. The summed E-state index contributed by atoms with van der Waals surface area (Å²) in [7, 11) is 0. The zero-order valence-corrected chi connectivity index (χ0v) is 10.9. The van der Waals surface area contributed by atoms with Crippen molar-refractivity contribution < 1.29 is 5.11 Å². The van der Waals surface area contributed by atoms with E-state index in [0.717, 1.165) is 22.2 Å². The fourth-order valence-corrected chi connectivity index (χ4v) is 2.27. The normalized spacial score (nSPS) is 12.4. The Morgan fingerprint density at radius 2 is 1.80 bits per heavy atom. The Hall–Kier alpha value is -2.46. The first-order valence-electron chi connectivity index (χ1n) is 6.46. The summed E-state index contributed by atoms with van der Waals surface area (Å²) in [5.74, 6) is 0.263. The van der Waals surface area contributed by atoms with Crippen LogP contribution in [-0.4, -0.2) is 15.1 Å². The average Bonchev–Trinajstić information content (AvgIpc) is 2.47. The minimum Gasteiger partial charge on any atom is -0.508 e. The largest absolute Gasteiger partial charge is 0.508 e. The van der Waals surface area contributed by atoms with Crippen molar-refractivity contribution in [2.45, 2.75) is 12.5 Å². The van der Waals surface area contributed by atoms with Gasteiger partial charge in [-0.3, -0.25) is 9.97 Å². The van der Waals surface area contributed by atoms with Crippen LogP contribution in [0.2, 0.25) is 0 Å². The second-order valence-corrected chi connectivity index (χ2v) is 4.79. The Morgan fingerprint density at radius 1 is 1.00 bits per heavy atom. The Balaban J connectivity index is 1.86. The summed E-state index contributed by atoms with van der Waals surface area (Å²) in [5.41, 5.74) is 9.97. The number of hydrogen-bond donors (Lipinski definition) is 2. The van der Waals surface area contributed by atoms with Crippen molar-refractivity contribution in [1.29, 1.82) is 0 Å². The van der Waals surface area contributed by atoms with E-state index >= 15 is 0 Å². The molecule has 0 saturated carbocycles. The molecule has 0 saturated heterocycles. The van der Waals surface area contributed by atoms with Gasteiger partial charge in [0, 0.05) is 18.4 Å². The third kappa shape index (κ3) is 2.60. The van der Waals surface area contributed by atoms with E-state index < -0.39 is 0 Å². The first-order valence-corrected chi connectivity index (χ1v) is 6.46. The number of aromatic hydroxyl groups is 1. The maximum absolute atomic E-state index is 9.48. The van der Waals surface area contributed by atoms with Gasteiger partial charge in [-0.25, -0.2) is 0 Å². The van der Waals surface area contributed by atoms with Crippen molar-refractivity contribution in [3.63, 3.8) is 0 Å². The van der Waals surface area contributed by atoms with Crippen LogP contribution in [0, 0.1) is 0 Å². The number of hydrogen-bond acceptors (Lipinski definition) is 4. The molecule has 3 rings (SSSR count). The molecule has 4 nitrogen and oxygen atoms in total. The van der Waals surface area contributed by atoms with E-state index in [2.05, 4.69) is 9.97 Å². The van der Waals surface area contributed by atoms with Crippen LogP contribution in [0.15, 0.2) is 54.9 Å². The first kappa shape index (κ1) is 12.6. The molecule has 4 heteroatoms. The van der Waals surface area contributed by atoms with Gasteiger partial charge >= 0.3 is 0 Å². The van der Waals surface area contributed by atoms with Gasteiger partial charge in [-0.1, -0.05) is 18.2 Å². The van der Waals surface area contributed by atoms with E-state index in [1.165, 1.54) is 0 Å². The molecule has 20 heavy (non-hydrogen) atoms. The Labute approximate surface area is 116 Å². The molecule has 0 radical (unpaired) electrons. The van der Waals surface area contributed by atoms with Gasteiger partial charge in [0.15, 0.2) is 0 Å². The summed E-state index contributed by atoms with van der Waals surface area (Å²) in [6, 6.07) is 12.9. The van der Waals surface area contributed by atoms with Gasteiger partial charge < -0.3 is 10.8 Å². The van der Waals surface area contributed by atoms with Crippen LogP contribution in [0.5, 0.6) is 5.75 Å². The monoisotopic (exact) mass is 265 g/mol. The van der Waals surface area contributed by atoms with Crippen molar-refractivity contribution in [3.8, 4) is 5.75 Å². The summed E-state index contributed by atoms with van der Waals surface area (Å²) < 4.78 is 0. The third-order valence-electron chi connectivity index (χ3n) is 3.29. The number of phenols is 1. The van der Waals surface area contributed by atoms with Crippen molar-refractivity contribution in [3.05, 3.63) is 66.0 Å². The molecule has 0 aliphatic rings. The fraction of sp³-hybridized carbons (Fsp3) is 0.125. The molecular weight excluding hydrogens is 250 g/mol. The molecular formula is C16H15N3O. The summed E-state index contributed by atoms with van der Waals surface area (Å²) in [4.78, 5) is 8.53. The van der Waals surface area contributed by atoms with Crippen molar-refractivity contribution in [1.82, 2.24) is 9.97 Å². The zero-order chi connectivity index (χ0) is 13.9. The number of aromatic nitrogens is 2. The van der Waals surface area contributed by atoms with Gasteiger partial charge in [0.05, 0.1) is 11.0 Å². The second-order valence-electron chi connectivity index (χ2n) is 4.79. The van der Waals surface area contributed by atoms with E-state index in [4.69, 9.17) is 5.73 Å². The zero-order valence-electron chi connectivity index (χ0n) is 10.9. The topological polar surface area (TPSA) is 72.0 Å². The van der Waals surface area contributed by atoms with E-state index in [-0.39, 0.29) is 11.8 Å². The molecule has 0 amide bonds. The predicted molar refractivity (Wildman–Crippen MR) is 78.3 cm³/mol. The highest BCUT2D eigenvalue weighted by Crippen LogP contribution is 2.21. The molecule has 0 fully saturated rings. The molecule has 0 aliphatic heterocycles. The minimum absolute atomic E-state index is 0.136. The highest BCUT2D eigenvalue weighted by Gasteiger charge is 2.09. The molecule has 1 unspecified atom stereocenters. The van der Waals surface area contributed by atoms with Crippen LogP contribution in [0.1, 0.15) is 17.2 Å². The van der Waals surface area contributed by atoms with E-state index in [1.54, 1.807) is 24.5 Å². The number of benzene rings is 2. The van der Waals surface area contributed by atoms with Crippen LogP contribution >= 0.6 is 0 Å². The number of fused-ring (bicyclic) bond motifs is 1. The third-order valence-corrected chi connectivity index (χ3v) is 3.29.